The third-order valence-electron chi connectivity index (χ3n) is 11.6. The van der Waals surface area contributed by atoms with Crippen molar-refractivity contribution in [1.82, 2.24) is 4.57 Å². The maximum atomic E-state index is 2.65. The van der Waals surface area contributed by atoms with E-state index in [2.05, 4.69) is 180 Å². The quantitative estimate of drug-likeness (QED) is 0.164. The van der Waals surface area contributed by atoms with Crippen LogP contribution in [0.4, 0.5) is 17.1 Å². The van der Waals surface area contributed by atoms with E-state index in [4.69, 9.17) is 0 Å². The van der Waals surface area contributed by atoms with Crippen molar-refractivity contribution in [2.45, 2.75) is 66.2 Å². The molecule has 0 aliphatic carbocycles. The minimum atomic E-state index is -0.00170. The van der Waals surface area contributed by atoms with Gasteiger partial charge in [0.25, 0.3) is 6.71 Å². The van der Waals surface area contributed by atoms with Gasteiger partial charge in [-0.2, -0.15) is 0 Å². The van der Waals surface area contributed by atoms with Crippen LogP contribution >= 0.6 is 11.3 Å². The molecule has 2 nitrogen and oxygen atoms in total. The molecular weight excluding hydrogens is 647 g/mol. The lowest BCUT2D eigenvalue weighted by Gasteiger charge is -2.42. The predicted octanol–water partition coefficient (Wildman–Crippen LogP) is 11.5. The molecule has 0 unspecified atom stereocenters. The summed E-state index contributed by atoms with van der Waals surface area (Å²) in [7, 11) is 0. The van der Waals surface area contributed by atoms with Gasteiger partial charge in [0.15, 0.2) is 0 Å². The van der Waals surface area contributed by atoms with Crippen LogP contribution < -0.4 is 21.3 Å². The number of rotatable bonds is 2. The molecular formula is C48H43BN2S. The lowest BCUT2D eigenvalue weighted by molar-refractivity contribution is 0.590. The van der Waals surface area contributed by atoms with E-state index in [1.54, 1.807) is 0 Å². The largest absolute Gasteiger partial charge is 0.311 e. The van der Waals surface area contributed by atoms with Crippen LogP contribution in [-0.2, 0) is 10.8 Å². The number of thiophene rings is 1. The van der Waals surface area contributed by atoms with Gasteiger partial charge in [0, 0.05) is 38.1 Å². The topological polar surface area (TPSA) is 8.17 Å². The molecule has 0 saturated carbocycles. The first-order valence-electron chi connectivity index (χ1n) is 18.6. The molecule has 2 aliphatic rings. The maximum absolute atomic E-state index is 2.65. The minimum absolute atomic E-state index is 0.000376. The Bertz CT molecular complexity index is 2790. The van der Waals surface area contributed by atoms with Gasteiger partial charge in [0.05, 0.1) is 21.4 Å². The van der Waals surface area contributed by atoms with Crippen molar-refractivity contribution in [3.63, 3.8) is 0 Å². The molecule has 0 atom stereocenters. The van der Waals surface area contributed by atoms with Crippen LogP contribution in [0, 0.1) is 13.8 Å². The SMILES string of the molecule is Cc1ccc(N2c3cc(C(C)(C)C)ccc3B3c4c2cc(C)cc4-n2c4c3cc(C(C)(C)C)cc4c3sc4ccccc4c32)c(-c2ccccc2)c1. The van der Waals surface area contributed by atoms with Crippen LogP contribution in [0.25, 0.3) is 48.0 Å². The summed E-state index contributed by atoms with van der Waals surface area (Å²) in [6, 6.07) is 44.3. The van der Waals surface area contributed by atoms with E-state index in [1.807, 2.05) is 11.3 Å². The van der Waals surface area contributed by atoms with Crippen molar-refractivity contribution in [1.29, 1.82) is 0 Å². The van der Waals surface area contributed by atoms with Gasteiger partial charge in [0.1, 0.15) is 0 Å². The second kappa shape index (κ2) is 10.7. The number of aryl methyl sites for hydroxylation is 2. The fourth-order valence-corrected chi connectivity index (χ4v) is 10.2. The Labute approximate surface area is 311 Å². The van der Waals surface area contributed by atoms with Crippen LogP contribution in [0.1, 0.15) is 63.8 Å². The Kier molecular flexibility index (Phi) is 6.54. The standard InChI is InChI=1S/C48H43BN2S/c1-28-18-21-38(34(22-28)30-14-10-9-11-15-30)50-39-27-31(47(3,4)5)19-20-36(39)49-37-26-32(48(6,7)8)25-35-44(37)51(41-24-29(2)23-40(50)43(41)49)45-33-16-12-13-17-42(33)52-46(35)45/h9-27H,1-8H3. The summed E-state index contributed by atoms with van der Waals surface area (Å²) in [6.07, 6.45) is 0. The first kappa shape index (κ1) is 31.7. The van der Waals surface area contributed by atoms with Gasteiger partial charge in [0.2, 0.25) is 0 Å². The summed E-state index contributed by atoms with van der Waals surface area (Å²) < 4.78 is 5.38. The molecule has 0 amide bonds. The number of fused-ring (bicyclic) bond motifs is 9. The number of anilines is 3. The van der Waals surface area contributed by atoms with Crippen LogP contribution in [0.3, 0.4) is 0 Å². The smallest absolute Gasteiger partial charge is 0.252 e. The molecule has 0 N–H and O–H groups in total. The molecule has 0 fully saturated rings. The lowest BCUT2D eigenvalue weighted by atomic mass is 9.33. The summed E-state index contributed by atoms with van der Waals surface area (Å²) in [5.41, 5.74) is 19.7. The first-order valence-corrected chi connectivity index (χ1v) is 19.5. The first-order chi connectivity index (χ1) is 24.9. The number of hydrogen-bond donors (Lipinski definition) is 0. The molecule has 0 saturated heterocycles. The molecule has 2 aliphatic heterocycles. The molecule has 2 aromatic heterocycles. The fourth-order valence-electron chi connectivity index (χ4n) is 8.96. The third kappa shape index (κ3) is 4.43. The fraction of sp³-hybridized carbons (Fsp3) is 0.208. The summed E-state index contributed by atoms with van der Waals surface area (Å²) in [6.45, 7) is 18.7. The highest BCUT2D eigenvalue weighted by Gasteiger charge is 2.44. The van der Waals surface area contributed by atoms with Crippen molar-refractivity contribution in [3.8, 4) is 16.8 Å². The average molecular weight is 691 g/mol. The van der Waals surface area contributed by atoms with Gasteiger partial charge in [-0.15, -0.1) is 11.3 Å². The van der Waals surface area contributed by atoms with Crippen LogP contribution in [0.5, 0.6) is 0 Å². The lowest BCUT2D eigenvalue weighted by Crippen LogP contribution is -2.60. The van der Waals surface area contributed by atoms with Gasteiger partial charge in [-0.3, -0.25) is 0 Å². The van der Waals surface area contributed by atoms with Crippen molar-refractivity contribution in [2.75, 3.05) is 4.90 Å². The molecule has 254 valence electrons. The molecule has 8 aromatic rings. The molecule has 4 heterocycles. The van der Waals surface area contributed by atoms with E-state index >= 15 is 0 Å². The Morgan fingerprint density at radius 1 is 0.538 bits per heavy atom. The average Bonchev–Trinajstić information content (AvgIpc) is 3.65. The predicted molar refractivity (Wildman–Crippen MR) is 228 cm³/mol. The van der Waals surface area contributed by atoms with Crippen molar-refractivity contribution < 1.29 is 0 Å². The van der Waals surface area contributed by atoms with Crippen molar-refractivity contribution in [2.24, 2.45) is 0 Å². The zero-order valence-corrected chi connectivity index (χ0v) is 32.2. The normalized spacial score (nSPS) is 13.7. The Hall–Kier alpha value is -5.06. The van der Waals surface area contributed by atoms with E-state index in [9.17, 15) is 0 Å². The summed E-state index contributed by atoms with van der Waals surface area (Å²) in [5.74, 6) is 0. The molecule has 0 bridgehead atoms. The molecule has 6 aromatic carbocycles. The van der Waals surface area contributed by atoms with Crippen LogP contribution in [0.2, 0.25) is 0 Å². The number of hydrogen-bond acceptors (Lipinski definition) is 2. The van der Waals surface area contributed by atoms with E-state index in [1.165, 1.54) is 104 Å². The van der Waals surface area contributed by atoms with Gasteiger partial charge >= 0.3 is 0 Å². The molecule has 10 rings (SSSR count). The number of benzene rings is 6. The summed E-state index contributed by atoms with van der Waals surface area (Å²) >= 11 is 1.95. The van der Waals surface area contributed by atoms with Crippen LogP contribution in [-0.4, -0.2) is 11.3 Å². The zero-order valence-electron chi connectivity index (χ0n) is 31.3. The second-order valence-corrected chi connectivity index (χ2v) is 18.3. The second-order valence-electron chi connectivity index (χ2n) is 17.2. The molecule has 52 heavy (non-hydrogen) atoms. The summed E-state index contributed by atoms with van der Waals surface area (Å²) in [5, 5.41) is 2.72. The molecule has 4 heteroatoms. The zero-order chi connectivity index (χ0) is 35.8. The van der Waals surface area contributed by atoms with E-state index in [0.29, 0.717) is 0 Å². The van der Waals surface area contributed by atoms with Gasteiger partial charge in [-0.25, -0.2) is 0 Å². The van der Waals surface area contributed by atoms with Gasteiger partial charge in [-0.1, -0.05) is 120 Å². The summed E-state index contributed by atoms with van der Waals surface area (Å²) in [4.78, 5) is 2.61. The highest BCUT2D eigenvalue weighted by molar-refractivity contribution is 7.26. The minimum Gasteiger partial charge on any atom is -0.311 e. The van der Waals surface area contributed by atoms with E-state index in [0.717, 1.165) is 0 Å². The van der Waals surface area contributed by atoms with E-state index in [-0.39, 0.29) is 17.5 Å². The molecule has 0 spiro atoms. The Morgan fingerprint density at radius 3 is 2.04 bits per heavy atom. The number of aromatic nitrogens is 1. The molecule has 0 radical (unpaired) electrons. The monoisotopic (exact) mass is 690 g/mol. The van der Waals surface area contributed by atoms with Crippen LogP contribution in [0.15, 0.2) is 115 Å². The maximum Gasteiger partial charge on any atom is 0.252 e. The highest BCUT2D eigenvalue weighted by Crippen LogP contribution is 2.48. The Balaban J connectivity index is 1.39. The van der Waals surface area contributed by atoms with Crippen molar-refractivity contribution >= 4 is 82.7 Å². The van der Waals surface area contributed by atoms with Gasteiger partial charge in [-0.05, 0) is 106 Å². The number of nitrogens with zero attached hydrogens (tertiary/aromatic N) is 2. The third-order valence-corrected chi connectivity index (χ3v) is 12.7. The van der Waals surface area contributed by atoms with Crippen molar-refractivity contribution in [3.05, 3.63) is 138 Å². The van der Waals surface area contributed by atoms with Gasteiger partial charge < -0.3 is 9.47 Å². The van der Waals surface area contributed by atoms with E-state index < -0.39 is 0 Å². The highest BCUT2D eigenvalue weighted by atomic mass is 32.1. The Morgan fingerprint density at radius 2 is 1.27 bits per heavy atom.